The first kappa shape index (κ1) is 15.1. The minimum absolute atomic E-state index is 0.0468. The van der Waals surface area contributed by atoms with E-state index < -0.39 is 0 Å². The third-order valence-corrected chi connectivity index (χ3v) is 4.91. The second-order valence-electron chi connectivity index (χ2n) is 6.51. The van der Waals surface area contributed by atoms with E-state index in [4.69, 9.17) is 0 Å². The Morgan fingerprint density at radius 1 is 1.04 bits per heavy atom. The van der Waals surface area contributed by atoms with Crippen LogP contribution in [-0.4, -0.2) is 27.6 Å². The predicted molar refractivity (Wildman–Crippen MR) is 90.1 cm³/mol. The van der Waals surface area contributed by atoms with E-state index in [1.165, 1.54) is 0 Å². The first-order chi connectivity index (χ1) is 11.7. The maximum absolute atomic E-state index is 11.9. The second kappa shape index (κ2) is 6.19. The SMILES string of the molecule is O=C1CCCN1c1ccc(Cc2n[nH]c(=O)c3c2CCCC3)cn1. The monoisotopic (exact) mass is 324 g/mol. The summed E-state index contributed by atoms with van der Waals surface area (Å²) in [5.74, 6) is 0.865. The van der Waals surface area contributed by atoms with E-state index in [1.54, 1.807) is 4.90 Å². The highest BCUT2D eigenvalue weighted by Crippen LogP contribution is 2.23. The van der Waals surface area contributed by atoms with Crippen LogP contribution in [-0.2, 0) is 24.1 Å². The highest BCUT2D eigenvalue weighted by atomic mass is 16.2. The van der Waals surface area contributed by atoms with Crippen molar-refractivity contribution < 1.29 is 4.79 Å². The summed E-state index contributed by atoms with van der Waals surface area (Å²) in [4.78, 5) is 29.9. The number of nitrogens with zero attached hydrogens (tertiary/aromatic N) is 3. The summed E-state index contributed by atoms with van der Waals surface area (Å²) in [5, 5.41) is 6.90. The number of nitrogens with one attached hydrogen (secondary N) is 1. The van der Waals surface area contributed by atoms with Crippen molar-refractivity contribution in [3.63, 3.8) is 0 Å². The quantitative estimate of drug-likeness (QED) is 0.933. The van der Waals surface area contributed by atoms with Crippen LogP contribution in [0.15, 0.2) is 23.1 Å². The van der Waals surface area contributed by atoms with Crippen LogP contribution in [0, 0.1) is 0 Å². The molecule has 4 rings (SSSR count). The van der Waals surface area contributed by atoms with Gasteiger partial charge < -0.3 is 0 Å². The number of H-pyrrole nitrogens is 1. The molecule has 1 aliphatic carbocycles. The summed E-state index contributed by atoms with van der Waals surface area (Å²) in [6.45, 7) is 0.750. The standard InChI is InChI=1S/C18H20N4O2/c23-17-6-3-9-22(17)16-8-7-12(11-19-16)10-15-13-4-1-2-5-14(13)18(24)21-20-15/h7-8,11H,1-6,9-10H2,(H,21,24). The maximum atomic E-state index is 11.9. The number of fused-ring (bicyclic) bond motifs is 1. The van der Waals surface area contributed by atoms with Crippen molar-refractivity contribution in [2.24, 2.45) is 0 Å². The molecular weight excluding hydrogens is 304 g/mol. The van der Waals surface area contributed by atoms with Gasteiger partial charge in [-0.2, -0.15) is 5.10 Å². The van der Waals surface area contributed by atoms with Gasteiger partial charge in [-0.05, 0) is 49.3 Å². The van der Waals surface area contributed by atoms with E-state index in [1.807, 2.05) is 18.3 Å². The molecule has 1 N–H and O–H groups in total. The molecule has 2 aliphatic rings. The molecule has 0 spiro atoms. The molecule has 6 heteroatoms. The second-order valence-corrected chi connectivity index (χ2v) is 6.51. The molecule has 1 fully saturated rings. The van der Waals surface area contributed by atoms with E-state index in [2.05, 4.69) is 15.2 Å². The number of aromatic nitrogens is 3. The number of rotatable bonds is 3. The van der Waals surface area contributed by atoms with Crippen LogP contribution in [0.3, 0.4) is 0 Å². The van der Waals surface area contributed by atoms with Crippen LogP contribution in [0.5, 0.6) is 0 Å². The lowest BCUT2D eigenvalue weighted by molar-refractivity contribution is -0.117. The van der Waals surface area contributed by atoms with Gasteiger partial charge in [0.05, 0.1) is 5.69 Å². The minimum atomic E-state index is -0.0468. The number of aromatic amines is 1. The first-order valence-corrected chi connectivity index (χ1v) is 8.57. The van der Waals surface area contributed by atoms with Crippen LogP contribution in [0.4, 0.5) is 5.82 Å². The fourth-order valence-corrected chi connectivity index (χ4v) is 3.64. The number of anilines is 1. The van der Waals surface area contributed by atoms with Gasteiger partial charge >= 0.3 is 0 Å². The van der Waals surface area contributed by atoms with Crippen molar-refractivity contribution in [2.75, 3.05) is 11.4 Å². The molecule has 1 amide bonds. The van der Waals surface area contributed by atoms with E-state index in [-0.39, 0.29) is 11.5 Å². The Hall–Kier alpha value is -2.50. The Morgan fingerprint density at radius 3 is 2.58 bits per heavy atom. The Labute approximate surface area is 139 Å². The van der Waals surface area contributed by atoms with Crippen LogP contribution in [0.1, 0.15) is 48.1 Å². The summed E-state index contributed by atoms with van der Waals surface area (Å²) < 4.78 is 0. The molecule has 1 aliphatic heterocycles. The number of carbonyl (C=O) groups is 1. The van der Waals surface area contributed by atoms with Crippen molar-refractivity contribution in [3.8, 4) is 0 Å². The minimum Gasteiger partial charge on any atom is -0.297 e. The lowest BCUT2D eigenvalue weighted by Crippen LogP contribution is -2.24. The molecule has 0 radical (unpaired) electrons. The van der Waals surface area contributed by atoms with E-state index in [0.717, 1.165) is 66.9 Å². The van der Waals surface area contributed by atoms with Crippen LogP contribution in [0.2, 0.25) is 0 Å². The van der Waals surface area contributed by atoms with Gasteiger partial charge in [-0.3, -0.25) is 14.5 Å². The zero-order valence-corrected chi connectivity index (χ0v) is 13.5. The van der Waals surface area contributed by atoms with Gasteiger partial charge in [-0.25, -0.2) is 10.1 Å². The largest absolute Gasteiger partial charge is 0.297 e. The molecule has 1 saturated heterocycles. The Morgan fingerprint density at radius 2 is 1.88 bits per heavy atom. The van der Waals surface area contributed by atoms with Crippen molar-refractivity contribution in [3.05, 3.63) is 51.1 Å². The van der Waals surface area contributed by atoms with Crippen molar-refractivity contribution in [1.29, 1.82) is 0 Å². The zero-order chi connectivity index (χ0) is 16.5. The maximum Gasteiger partial charge on any atom is 0.267 e. The van der Waals surface area contributed by atoms with Gasteiger partial charge in [0.25, 0.3) is 5.56 Å². The lowest BCUT2D eigenvalue weighted by Gasteiger charge is -2.17. The van der Waals surface area contributed by atoms with Gasteiger partial charge in [0.1, 0.15) is 5.82 Å². The average Bonchev–Trinajstić information content (AvgIpc) is 3.04. The van der Waals surface area contributed by atoms with Crippen LogP contribution < -0.4 is 10.5 Å². The molecule has 24 heavy (non-hydrogen) atoms. The Bertz CT molecular complexity index is 826. The number of carbonyl (C=O) groups excluding carboxylic acids is 1. The van der Waals surface area contributed by atoms with Gasteiger partial charge in [-0.15, -0.1) is 0 Å². The van der Waals surface area contributed by atoms with Crippen LogP contribution in [0.25, 0.3) is 0 Å². The van der Waals surface area contributed by atoms with Crippen molar-refractivity contribution >= 4 is 11.7 Å². The van der Waals surface area contributed by atoms with Crippen molar-refractivity contribution in [1.82, 2.24) is 15.2 Å². The van der Waals surface area contributed by atoms with Crippen LogP contribution >= 0.6 is 0 Å². The normalized spacial score (nSPS) is 17.2. The lowest BCUT2D eigenvalue weighted by atomic mass is 9.90. The third-order valence-electron chi connectivity index (χ3n) is 4.91. The third kappa shape index (κ3) is 2.72. The molecule has 2 aromatic rings. The highest BCUT2D eigenvalue weighted by molar-refractivity contribution is 5.94. The van der Waals surface area contributed by atoms with Gasteiger partial charge in [-0.1, -0.05) is 6.07 Å². The Kier molecular flexibility index (Phi) is 3.88. The summed E-state index contributed by atoms with van der Waals surface area (Å²) in [5.41, 5.74) is 3.95. The Balaban J connectivity index is 1.58. The fourth-order valence-electron chi connectivity index (χ4n) is 3.64. The van der Waals surface area contributed by atoms with Crippen molar-refractivity contribution in [2.45, 2.75) is 44.9 Å². The molecule has 0 saturated carbocycles. The van der Waals surface area contributed by atoms with E-state index in [0.29, 0.717) is 12.8 Å². The summed E-state index contributed by atoms with van der Waals surface area (Å²) in [6.07, 6.45) is 7.92. The summed E-state index contributed by atoms with van der Waals surface area (Å²) >= 11 is 0. The topological polar surface area (TPSA) is 79.0 Å². The molecule has 124 valence electrons. The average molecular weight is 324 g/mol. The van der Waals surface area contributed by atoms with Gasteiger partial charge in [0.15, 0.2) is 0 Å². The molecule has 6 nitrogen and oxygen atoms in total. The fraction of sp³-hybridized carbons (Fsp3) is 0.444. The number of hydrogen-bond acceptors (Lipinski definition) is 4. The molecule has 2 aromatic heterocycles. The molecular formula is C18H20N4O2. The van der Waals surface area contributed by atoms with Gasteiger partial charge in [0.2, 0.25) is 5.91 Å². The highest BCUT2D eigenvalue weighted by Gasteiger charge is 2.23. The summed E-state index contributed by atoms with van der Waals surface area (Å²) in [7, 11) is 0. The molecule has 3 heterocycles. The van der Waals surface area contributed by atoms with E-state index >= 15 is 0 Å². The summed E-state index contributed by atoms with van der Waals surface area (Å²) in [6, 6.07) is 3.90. The number of hydrogen-bond donors (Lipinski definition) is 1. The predicted octanol–water partition coefficient (Wildman–Crippen LogP) is 1.76. The molecule has 0 atom stereocenters. The van der Waals surface area contributed by atoms with E-state index in [9.17, 15) is 9.59 Å². The first-order valence-electron chi connectivity index (χ1n) is 8.57. The molecule has 0 bridgehead atoms. The zero-order valence-electron chi connectivity index (χ0n) is 13.5. The van der Waals surface area contributed by atoms with Gasteiger partial charge in [0, 0.05) is 31.1 Å². The number of pyridine rings is 1. The number of amides is 1. The smallest absolute Gasteiger partial charge is 0.267 e. The molecule has 0 unspecified atom stereocenters. The molecule has 0 aromatic carbocycles.